The Morgan fingerprint density at radius 3 is 2.00 bits per heavy atom. The summed E-state index contributed by atoms with van der Waals surface area (Å²) in [7, 11) is 0. The van der Waals surface area contributed by atoms with Crippen molar-refractivity contribution in [2.45, 2.75) is 0 Å². The zero-order valence-corrected chi connectivity index (χ0v) is 6.92. The Hall–Kier alpha value is 0.443. The van der Waals surface area contributed by atoms with Crippen LogP contribution in [0.3, 0.4) is 0 Å². The second-order valence-corrected chi connectivity index (χ2v) is 0.805. The van der Waals surface area contributed by atoms with E-state index in [4.69, 9.17) is 9.90 Å². The standard InChI is InChI=1S/C2H4O2S.Zn/c3-2(4)1-5;/h5H,1H2,(H,3,4);/q;+2/p-2. The van der Waals surface area contributed by atoms with E-state index in [0.717, 1.165) is 0 Å². The first kappa shape index (κ1) is 9.67. The van der Waals surface area contributed by atoms with Gasteiger partial charge >= 0.3 is 19.5 Å². The number of carboxylic acids is 1. The average Bonchev–Trinajstić information content (AvgIpc) is 1.38. The monoisotopic (exact) mass is 154 g/mol. The van der Waals surface area contributed by atoms with E-state index in [1.165, 1.54) is 0 Å². The van der Waals surface area contributed by atoms with Gasteiger partial charge < -0.3 is 22.5 Å². The van der Waals surface area contributed by atoms with Crippen LogP contribution >= 0.6 is 0 Å². The van der Waals surface area contributed by atoms with Crippen molar-refractivity contribution in [1.82, 2.24) is 0 Å². The number of rotatable bonds is 1. The van der Waals surface area contributed by atoms with Crippen LogP contribution in [0, 0.1) is 0 Å². The second kappa shape index (κ2) is 5.44. The van der Waals surface area contributed by atoms with Gasteiger partial charge in [-0.2, -0.15) is 0 Å². The zero-order chi connectivity index (χ0) is 4.28. The minimum atomic E-state index is -1.18. The van der Waals surface area contributed by atoms with Crippen LogP contribution in [0.25, 0.3) is 0 Å². The van der Waals surface area contributed by atoms with Gasteiger partial charge in [0.2, 0.25) is 0 Å². The maximum absolute atomic E-state index is 9.15. The fourth-order valence-electron chi connectivity index (χ4n) is 0. The molecule has 0 aliphatic rings. The summed E-state index contributed by atoms with van der Waals surface area (Å²) in [5, 5.41) is 9.15. The van der Waals surface area contributed by atoms with Gasteiger partial charge in [-0.1, -0.05) is 0 Å². The van der Waals surface area contributed by atoms with E-state index >= 15 is 0 Å². The Kier molecular flexibility index (Phi) is 8.77. The molecule has 0 atom stereocenters. The fraction of sp³-hybridized carbons (Fsp3) is 0.500. The molecule has 0 rings (SSSR count). The molecular weight excluding hydrogens is 153 g/mol. The number of aliphatic carboxylic acids is 1. The third-order valence-electron chi connectivity index (χ3n) is 0.118. The molecule has 0 aliphatic heterocycles. The predicted octanol–water partition coefficient (Wildman–Crippen LogP) is -1.72. The molecule has 0 radical (unpaired) electrons. The maximum Gasteiger partial charge on any atom is 2.00 e. The molecule has 0 saturated heterocycles. The maximum atomic E-state index is 9.15. The molecule has 0 bridgehead atoms. The Balaban J connectivity index is 0. The third-order valence-corrected chi connectivity index (χ3v) is 0.354. The van der Waals surface area contributed by atoms with E-state index in [9.17, 15) is 0 Å². The quantitative estimate of drug-likeness (QED) is 0.334. The summed E-state index contributed by atoms with van der Waals surface area (Å²) in [6.07, 6.45) is 0. The van der Waals surface area contributed by atoms with Crippen LogP contribution in [0.4, 0.5) is 0 Å². The molecule has 0 unspecified atom stereocenters. The van der Waals surface area contributed by atoms with Crippen LogP contribution in [0.5, 0.6) is 0 Å². The van der Waals surface area contributed by atoms with E-state index in [1.807, 2.05) is 0 Å². The summed E-state index contributed by atoms with van der Waals surface area (Å²) in [5.74, 6) is -1.49. The molecule has 6 heavy (non-hydrogen) atoms. The van der Waals surface area contributed by atoms with E-state index in [0.29, 0.717) is 0 Å². The van der Waals surface area contributed by atoms with Crippen LogP contribution in [0.15, 0.2) is 0 Å². The van der Waals surface area contributed by atoms with Crippen molar-refractivity contribution < 1.29 is 29.4 Å². The Morgan fingerprint density at radius 2 is 2.00 bits per heavy atom. The van der Waals surface area contributed by atoms with Crippen molar-refractivity contribution >= 4 is 18.6 Å². The topological polar surface area (TPSA) is 40.1 Å². The van der Waals surface area contributed by atoms with Crippen molar-refractivity contribution in [2.75, 3.05) is 5.75 Å². The second-order valence-electron chi connectivity index (χ2n) is 0.516. The van der Waals surface area contributed by atoms with Crippen LogP contribution in [-0.4, -0.2) is 11.7 Å². The van der Waals surface area contributed by atoms with Crippen molar-refractivity contribution in [2.24, 2.45) is 0 Å². The molecular formula is C2H2O2SZn. The van der Waals surface area contributed by atoms with Crippen molar-refractivity contribution in [3.8, 4) is 0 Å². The third kappa shape index (κ3) is 8.82. The SMILES string of the molecule is O=C([O-])C[S-].[Zn+2]. The van der Waals surface area contributed by atoms with Crippen LogP contribution in [0.2, 0.25) is 0 Å². The number of carboxylic acid groups (broad SMARTS) is 1. The number of carbonyl (C=O) groups excluding carboxylic acids is 1. The molecule has 4 heteroatoms. The van der Waals surface area contributed by atoms with Gasteiger partial charge in [-0.25, -0.2) is 0 Å². The van der Waals surface area contributed by atoms with Gasteiger partial charge in [0, 0.05) is 5.97 Å². The normalized spacial score (nSPS) is 6.17. The zero-order valence-electron chi connectivity index (χ0n) is 3.14. The summed E-state index contributed by atoms with van der Waals surface area (Å²) in [4.78, 5) is 9.15. The average molecular weight is 155 g/mol. The molecule has 0 aromatic rings. The molecule has 0 aliphatic carbocycles. The number of carbonyl (C=O) groups is 1. The van der Waals surface area contributed by atoms with Crippen molar-refractivity contribution in [3.05, 3.63) is 0 Å². The van der Waals surface area contributed by atoms with Crippen LogP contribution in [0.1, 0.15) is 0 Å². The first-order valence-corrected chi connectivity index (χ1v) is 1.63. The Morgan fingerprint density at radius 1 is 1.83 bits per heavy atom. The van der Waals surface area contributed by atoms with Crippen LogP contribution in [-0.2, 0) is 36.9 Å². The minimum Gasteiger partial charge on any atom is -0.787 e. The van der Waals surface area contributed by atoms with Gasteiger partial charge in [0.05, 0.1) is 0 Å². The summed E-state index contributed by atoms with van der Waals surface area (Å²) >= 11 is 4.01. The van der Waals surface area contributed by atoms with Crippen molar-refractivity contribution in [1.29, 1.82) is 0 Å². The van der Waals surface area contributed by atoms with Crippen molar-refractivity contribution in [3.63, 3.8) is 0 Å². The summed E-state index contributed by atoms with van der Waals surface area (Å²) < 4.78 is 0. The molecule has 0 amide bonds. The molecule has 0 N–H and O–H groups in total. The molecule has 0 aromatic heterocycles. The summed E-state index contributed by atoms with van der Waals surface area (Å²) in [5.41, 5.74) is 0. The van der Waals surface area contributed by atoms with E-state index < -0.39 is 5.97 Å². The van der Waals surface area contributed by atoms with Gasteiger partial charge in [0.15, 0.2) is 0 Å². The van der Waals surface area contributed by atoms with Gasteiger partial charge in [-0.15, -0.1) is 5.75 Å². The van der Waals surface area contributed by atoms with Gasteiger partial charge in [0.1, 0.15) is 0 Å². The fourth-order valence-corrected chi connectivity index (χ4v) is 0. The van der Waals surface area contributed by atoms with E-state index in [2.05, 4.69) is 12.6 Å². The van der Waals surface area contributed by atoms with Gasteiger partial charge in [0.25, 0.3) is 0 Å². The first-order chi connectivity index (χ1) is 2.27. The number of hydrogen-bond acceptors (Lipinski definition) is 3. The molecule has 0 spiro atoms. The molecule has 0 saturated carbocycles. The molecule has 2 nitrogen and oxygen atoms in total. The largest absolute Gasteiger partial charge is 2.00 e. The molecule has 0 heterocycles. The Bertz CT molecular complexity index is 46.8. The first-order valence-electron chi connectivity index (χ1n) is 1.05. The number of hydrogen-bond donors (Lipinski definition) is 0. The minimum absolute atomic E-state index is 0. The smallest absolute Gasteiger partial charge is 0.787 e. The van der Waals surface area contributed by atoms with E-state index in [-0.39, 0.29) is 25.2 Å². The van der Waals surface area contributed by atoms with Gasteiger partial charge in [-0.05, 0) is 0 Å². The molecule has 0 aromatic carbocycles. The Labute approximate surface area is 54.1 Å². The van der Waals surface area contributed by atoms with Crippen LogP contribution < -0.4 is 5.11 Å². The molecule has 0 fully saturated rings. The summed E-state index contributed by atoms with van der Waals surface area (Å²) in [6, 6.07) is 0. The molecule has 30 valence electrons. The van der Waals surface area contributed by atoms with E-state index in [1.54, 1.807) is 0 Å². The predicted molar refractivity (Wildman–Crippen MR) is 17.2 cm³/mol. The van der Waals surface area contributed by atoms with Gasteiger partial charge in [-0.3, -0.25) is 0 Å². The summed E-state index contributed by atoms with van der Waals surface area (Å²) in [6.45, 7) is 0.